The number of hydrogen-bond acceptors (Lipinski definition) is 4. The van der Waals surface area contributed by atoms with Crippen LogP contribution in [0.4, 0.5) is 4.39 Å². The molecule has 1 atom stereocenters. The Bertz CT molecular complexity index is 726. The van der Waals surface area contributed by atoms with Gasteiger partial charge in [0.15, 0.2) is 0 Å². The van der Waals surface area contributed by atoms with Gasteiger partial charge in [-0.05, 0) is 31.2 Å². The van der Waals surface area contributed by atoms with E-state index in [9.17, 15) is 9.18 Å². The van der Waals surface area contributed by atoms with E-state index in [-0.39, 0.29) is 11.7 Å². The van der Waals surface area contributed by atoms with Crippen LogP contribution >= 0.6 is 0 Å². The fourth-order valence-corrected chi connectivity index (χ4v) is 2.12. The second kappa shape index (κ2) is 5.55. The predicted molar refractivity (Wildman–Crippen MR) is 78.3 cm³/mol. The summed E-state index contributed by atoms with van der Waals surface area (Å²) in [6.07, 6.45) is 0.939. The third-order valence-electron chi connectivity index (χ3n) is 3.28. The number of ether oxygens (including phenoxy) is 1. The summed E-state index contributed by atoms with van der Waals surface area (Å²) < 4.78 is 18.8. The molecular formula is C16H14FN3O2. The average molecular weight is 299 g/mol. The maximum atomic E-state index is 13.1. The Labute approximate surface area is 127 Å². The van der Waals surface area contributed by atoms with Crippen LogP contribution in [0.1, 0.15) is 30.0 Å². The van der Waals surface area contributed by atoms with Crippen LogP contribution in [0, 0.1) is 12.7 Å². The van der Waals surface area contributed by atoms with E-state index in [1.807, 2.05) is 19.1 Å². The van der Waals surface area contributed by atoms with Gasteiger partial charge in [-0.15, -0.1) is 5.10 Å². The van der Waals surface area contributed by atoms with Gasteiger partial charge in [0, 0.05) is 24.4 Å². The first kappa shape index (κ1) is 14.2. The highest BCUT2D eigenvalue weighted by atomic mass is 19.1. The zero-order valence-electron chi connectivity index (χ0n) is 12.2. The Hall–Kier alpha value is -2.76. The number of aryl methyl sites for hydroxylation is 1. The summed E-state index contributed by atoms with van der Waals surface area (Å²) >= 11 is 0. The largest absolute Gasteiger partial charge is 0.446 e. The Morgan fingerprint density at radius 1 is 1.23 bits per heavy atom. The summed E-state index contributed by atoms with van der Waals surface area (Å²) in [7, 11) is 0. The lowest BCUT2D eigenvalue weighted by molar-refractivity contribution is -0.135. The fourth-order valence-electron chi connectivity index (χ4n) is 2.12. The third kappa shape index (κ3) is 2.67. The monoisotopic (exact) mass is 299 g/mol. The van der Waals surface area contributed by atoms with Gasteiger partial charge in [-0.2, -0.15) is 5.01 Å². The molecule has 1 amide bonds. The van der Waals surface area contributed by atoms with Crippen molar-refractivity contribution in [2.24, 2.45) is 5.10 Å². The van der Waals surface area contributed by atoms with Gasteiger partial charge in [-0.1, -0.05) is 12.1 Å². The lowest BCUT2D eigenvalue weighted by Crippen LogP contribution is -2.25. The Kier molecular flexibility index (Phi) is 3.58. The molecule has 0 N–H and O–H groups in total. The van der Waals surface area contributed by atoms with Crippen LogP contribution in [0.3, 0.4) is 0 Å². The van der Waals surface area contributed by atoms with Gasteiger partial charge in [-0.3, -0.25) is 9.78 Å². The van der Waals surface area contributed by atoms with Crippen molar-refractivity contribution in [1.82, 2.24) is 9.99 Å². The number of aromatic nitrogens is 1. The highest BCUT2D eigenvalue weighted by molar-refractivity contribution is 5.96. The van der Waals surface area contributed by atoms with E-state index in [1.165, 1.54) is 24.1 Å². The molecule has 0 saturated heterocycles. The number of hydrazone groups is 1. The smallest absolute Gasteiger partial charge is 0.243 e. The molecule has 1 aromatic heterocycles. The van der Waals surface area contributed by atoms with Gasteiger partial charge in [0.2, 0.25) is 18.0 Å². The van der Waals surface area contributed by atoms with Gasteiger partial charge >= 0.3 is 0 Å². The van der Waals surface area contributed by atoms with Crippen molar-refractivity contribution in [2.45, 2.75) is 20.1 Å². The number of hydrogen-bond donors (Lipinski definition) is 0. The summed E-state index contributed by atoms with van der Waals surface area (Å²) in [6, 6.07) is 9.45. The van der Waals surface area contributed by atoms with Crippen molar-refractivity contribution in [1.29, 1.82) is 0 Å². The second-order valence-electron chi connectivity index (χ2n) is 4.98. The van der Waals surface area contributed by atoms with Gasteiger partial charge in [0.1, 0.15) is 5.82 Å². The third-order valence-corrected chi connectivity index (χ3v) is 3.28. The summed E-state index contributed by atoms with van der Waals surface area (Å²) in [6.45, 7) is 3.28. The van der Waals surface area contributed by atoms with Crippen molar-refractivity contribution in [3.8, 4) is 0 Å². The molecule has 2 heterocycles. The summed E-state index contributed by atoms with van der Waals surface area (Å²) in [5.41, 5.74) is 2.21. The zero-order chi connectivity index (χ0) is 15.7. The van der Waals surface area contributed by atoms with E-state index in [1.54, 1.807) is 18.3 Å². The molecule has 0 aliphatic carbocycles. The summed E-state index contributed by atoms with van der Waals surface area (Å²) in [5.74, 6) is -0.290. The molecule has 3 rings (SSSR count). The van der Waals surface area contributed by atoms with Gasteiger partial charge in [0.05, 0.1) is 5.56 Å². The number of benzene rings is 1. The first-order chi connectivity index (χ1) is 10.5. The standard InChI is InChI=1S/C16H14FN3O2/c1-10-3-4-13(9-18-10)15-19-20(11(2)21)16(22-15)12-5-7-14(17)8-6-12/h3-9,16H,1-2H3. The molecule has 1 aliphatic heterocycles. The highest BCUT2D eigenvalue weighted by Gasteiger charge is 2.33. The van der Waals surface area contributed by atoms with Crippen molar-refractivity contribution in [3.63, 3.8) is 0 Å². The molecule has 1 aliphatic rings. The van der Waals surface area contributed by atoms with Crippen molar-refractivity contribution >= 4 is 11.8 Å². The number of pyridine rings is 1. The molecule has 22 heavy (non-hydrogen) atoms. The van der Waals surface area contributed by atoms with Crippen LogP contribution in [-0.4, -0.2) is 21.8 Å². The van der Waals surface area contributed by atoms with E-state index in [0.29, 0.717) is 17.0 Å². The lowest BCUT2D eigenvalue weighted by atomic mass is 10.2. The zero-order valence-corrected chi connectivity index (χ0v) is 12.2. The normalized spacial score (nSPS) is 17.1. The molecule has 0 fully saturated rings. The van der Waals surface area contributed by atoms with Crippen LogP contribution < -0.4 is 0 Å². The molecule has 1 unspecified atom stereocenters. The Morgan fingerprint density at radius 2 is 1.95 bits per heavy atom. The molecule has 6 heteroatoms. The lowest BCUT2D eigenvalue weighted by Gasteiger charge is -2.19. The second-order valence-corrected chi connectivity index (χ2v) is 4.98. The van der Waals surface area contributed by atoms with Gasteiger partial charge in [0.25, 0.3) is 0 Å². The van der Waals surface area contributed by atoms with Gasteiger partial charge < -0.3 is 4.74 Å². The predicted octanol–water partition coefficient (Wildman–Crippen LogP) is 2.77. The van der Waals surface area contributed by atoms with Crippen molar-refractivity contribution < 1.29 is 13.9 Å². The van der Waals surface area contributed by atoms with Crippen LogP contribution in [0.25, 0.3) is 0 Å². The minimum Gasteiger partial charge on any atom is -0.446 e. The molecule has 0 bridgehead atoms. The molecule has 0 radical (unpaired) electrons. The van der Waals surface area contributed by atoms with Crippen LogP contribution in [0.2, 0.25) is 0 Å². The molecule has 1 aromatic carbocycles. The Balaban J connectivity index is 1.92. The van der Waals surface area contributed by atoms with Crippen molar-refractivity contribution in [2.75, 3.05) is 0 Å². The molecule has 0 saturated carbocycles. The number of halogens is 1. The van der Waals surface area contributed by atoms with Crippen LogP contribution in [-0.2, 0) is 9.53 Å². The first-order valence-electron chi connectivity index (χ1n) is 6.78. The highest BCUT2D eigenvalue weighted by Crippen LogP contribution is 2.30. The van der Waals surface area contributed by atoms with Crippen LogP contribution in [0.5, 0.6) is 0 Å². The van der Waals surface area contributed by atoms with E-state index in [2.05, 4.69) is 10.1 Å². The maximum absolute atomic E-state index is 13.1. The number of rotatable bonds is 2. The van der Waals surface area contributed by atoms with Crippen LogP contribution in [0.15, 0.2) is 47.7 Å². The van der Waals surface area contributed by atoms with Gasteiger partial charge in [-0.25, -0.2) is 4.39 Å². The minimum atomic E-state index is -0.700. The molecule has 5 nitrogen and oxygen atoms in total. The number of amides is 1. The maximum Gasteiger partial charge on any atom is 0.243 e. The fraction of sp³-hybridized carbons (Fsp3) is 0.188. The van der Waals surface area contributed by atoms with E-state index >= 15 is 0 Å². The topological polar surface area (TPSA) is 54.8 Å². The number of carbonyl (C=O) groups is 1. The first-order valence-corrected chi connectivity index (χ1v) is 6.78. The molecular weight excluding hydrogens is 285 g/mol. The average Bonchev–Trinajstić information content (AvgIpc) is 2.94. The molecule has 112 valence electrons. The Morgan fingerprint density at radius 3 is 2.55 bits per heavy atom. The minimum absolute atomic E-state index is 0.260. The van der Waals surface area contributed by atoms with Crippen molar-refractivity contribution in [3.05, 3.63) is 65.2 Å². The van der Waals surface area contributed by atoms with E-state index in [4.69, 9.17) is 4.74 Å². The molecule has 2 aromatic rings. The summed E-state index contributed by atoms with van der Waals surface area (Å²) in [5, 5.41) is 5.45. The molecule has 0 spiro atoms. The van der Waals surface area contributed by atoms with E-state index < -0.39 is 6.23 Å². The summed E-state index contributed by atoms with van der Waals surface area (Å²) in [4.78, 5) is 16.0. The SMILES string of the molecule is CC(=O)N1N=C(c2ccc(C)nc2)OC1c1ccc(F)cc1. The number of nitrogens with zero attached hydrogens (tertiary/aromatic N) is 3. The number of carbonyl (C=O) groups excluding carboxylic acids is 1. The quantitative estimate of drug-likeness (QED) is 0.857. The van der Waals surface area contributed by atoms with E-state index in [0.717, 1.165) is 5.69 Å².